The Morgan fingerprint density at radius 1 is 1.21 bits per heavy atom. The van der Waals surface area contributed by atoms with E-state index in [2.05, 4.69) is 6.92 Å². The summed E-state index contributed by atoms with van der Waals surface area (Å²) in [6, 6.07) is 0.142. The molecule has 0 aromatic rings. The van der Waals surface area contributed by atoms with Crippen LogP contribution in [0.4, 0.5) is 4.39 Å². The van der Waals surface area contributed by atoms with Crippen LogP contribution in [0.1, 0.15) is 51.9 Å². The van der Waals surface area contributed by atoms with E-state index < -0.39 is 5.67 Å². The molecule has 0 aliphatic heterocycles. The summed E-state index contributed by atoms with van der Waals surface area (Å²) >= 11 is 0. The fourth-order valence-corrected chi connectivity index (χ4v) is 3.23. The molecular formula is C12H22FN. The van der Waals surface area contributed by atoms with Gasteiger partial charge in [0.15, 0.2) is 0 Å². The summed E-state index contributed by atoms with van der Waals surface area (Å²) in [5.41, 5.74) is 4.80. The molecule has 2 fully saturated rings. The number of halogens is 1. The van der Waals surface area contributed by atoms with E-state index in [1.165, 1.54) is 19.3 Å². The molecule has 0 bridgehead atoms. The largest absolute Gasteiger partial charge is 0.327 e. The summed E-state index contributed by atoms with van der Waals surface area (Å²) < 4.78 is 14.2. The lowest BCUT2D eigenvalue weighted by Crippen LogP contribution is -2.53. The Kier molecular flexibility index (Phi) is 2.83. The summed E-state index contributed by atoms with van der Waals surface area (Å²) in [6.07, 6.45) is 7.18. The second-order valence-electron chi connectivity index (χ2n) is 5.33. The van der Waals surface area contributed by atoms with Crippen molar-refractivity contribution in [2.45, 2.75) is 63.6 Å². The highest BCUT2D eigenvalue weighted by atomic mass is 19.1. The van der Waals surface area contributed by atoms with E-state index in [0.717, 1.165) is 18.8 Å². The van der Waals surface area contributed by atoms with Crippen LogP contribution in [-0.2, 0) is 0 Å². The molecule has 0 aromatic carbocycles. The van der Waals surface area contributed by atoms with Gasteiger partial charge in [0.25, 0.3) is 0 Å². The van der Waals surface area contributed by atoms with Gasteiger partial charge in [-0.2, -0.15) is 0 Å². The average molecular weight is 199 g/mol. The molecule has 2 aliphatic carbocycles. The van der Waals surface area contributed by atoms with Gasteiger partial charge in [-0.1, -0.05) is 26.2 Å². The van der Waals surface area contributed by atoms with Crippen molar-refractivity contribution in [2.24, 2.45) is 17.6 Å². The summed E-state index contributed by atoms with van der Waals surface area (Å²) in [6.45, 7) is 2.25. The third kappa shape index (κ3) is 1.81. The minimum atomic E-state index is -0.877. The number of alkyl halides is 1. The van der Waals surface area contributed by atoms with E-state index in [0.29, 0.717) is 18.8 Å². The fraction of sp³-hybridized carbons (Fsp3) is 1.00. The van der Waals surface area contributed by atoms with E-state index in [1.807, 2.05) is 0 Å². The zero-order chi connectivity index (χ0) is 10.2. The zero-order valence-corrected chi connectivity index (χ0v) is 9.14. The first-order valence-electron chi connectivity index (χ1n) is 6.08. The first kappa shape index (κ1) is 10.4. The quantitative estimate of drug-likeness (QED) is 0.727. The Labute approximate surface area is 86.2 Å². The van der Waals surface area contributed by atoms with Crippen molar-refractivity contribution in [1.29, 1.82) is 0 Å². The van der Waals surface area contributed by atoms with E-state index in [-0.39, 0.29) is 6.04 Å². The van der Waals surface area contributed by atoms with Gasteiger partial charge in [-0.25, -0.2) is 4.39 Å². The Morgan fingerprint density at radius 2 is 1.79 bits per heavy atom. The van der Waals surface area contributed by atoms with Crippen LogP contribution in [0.15, 0.2) is 0 Å². The number of hydrogen-bond donors (Lipinski definition) is 1. The first-order chi connectivity index (χ1) is 6.64. The monoisotopic (exact) mass is 199 g/mol. The molecule has 0 radical (unpaired) electrons. The first-order valence-corrected chi connectivity index (χ1v) is 6.08. The fourth-order valence-electron chi connectivity index (χ4n) is 3.23. The van der Waals surface area contributed by atoms with Crippen molar-refractivity contribution in [3.8, 4) is 0 Å². The molecule has 0 aromatic heterocycles. The molecule has 0 atom stereocenters. The highest BCUT2D eigenvalue weighted by molar-refractivity contribution is 5.02. The van der Waals surface area contributed by atoms with Crippen LogP contribution in [0.3, 0.4) is 0 Å². The van der Waals surface area contributed by atoms with Gasteiger partial charge in [-0.3, -0.25) is 0 Å². The molecule has 0 saturated heterocycles. The van der Waals surface area contributed by atoms with Crippen LogP contribution in [0.5, 0.6) is 0 Å². The van der Waals surface area contributed by atoms with Crippen LogP contribution in [-0.4, -0.2) is 11.7 Å². The van der Waals surface area contributed by atoms with E-state index in [4.69, 9.17) is 5.73 Å². The molecule has 2 aliphatic rings. The van der Waals surface area contributed by atoms with Crippen molar-refractivity contribution in [3.63, 3.8) is 0 Å². The number of rotatable bonds is 2. The zero-order valence-electron chi connectivity index (χ0n) is 9.14. The molecule has 0 heterocycles. The summed E-state index contributed by atoms with van der Waals surface area (Å²) in [4.78, 5) is 0. The topological polar surface area (TPSA) is 26.0 Å². The highest BCUT2D eigenvalue weighted by Gasteiger charge is 2.49. The molecule has 0 amide bonds. The van der Waals surface area contributed by atoms with Crippen molar-refractivity contribution < 1.29 is 4.39 Å². The predicted octanol–water partition coefficient (Wildman–Crippen LogP) is 3.03. The lowest BCUT2D eigenvalue weighted by Gasteiger charge is -2.47. The second-order valence-corrected chi connectivity index (χ2v) is 5.33. The molecule has 82 valence electrons. The molecule has 0 spiro atoms. The van der Waals surface area contributed by atoms with Crippen LogP contribution in [0.25, 0.3) is 0 Å². The normalized spacial score (nSPS) is 48.6. The minimum Gasteiger partial charge on any atom is -0.327 e. The van der Waals surface area contributed by atoms with Gasteiger partial charge in [0.1, 0.15) is 5.67 Å². The van der Waals surface area contributed by atoms with Crippen molar-refractivity contribution in [2.75, 3.05) is 0 Å². The summed E-state index contributed by atoms with van der Waals surface area (Å²) in [5.74, 6) is 1.19. The maximum absolute atomic E-state index is 14.2. The second kappa shape index (κ2) is 3.80. The third-order valence-corrected chi connectivity index (χ3v) is 4.36. The molecular weight excluding hydrogens is 177 g/mol. The van der Waals surface area contributed by atoms with E-state index >= 15 is 0 Å². The van der Waals surface area contributed by atoms with E-state index in [9.17, 15) is 4.39 Å². The van der Waals surface area contributed by atoms with Gasteiger partial charge >= 0.3 is 0 Å². The predicted molar refractivity (Wildman–Crippen MR) is 56.8 cm³/mol. The lowest BCUT2D eigenvalue weighted by atomic mass is 9.64. The van der Waals surface area contributed by atoms with Crippen LogP contribution < -0.4 is 5.73 Å². The van der Waals surface area contributed by atoms with Gasteiger partial charge in [-0.15, -0.1) is 0 Å². The van der Waals surface area contributed by atoms with Gasteiger partial charge in [-0.05, 0) is 37.5 Å². The Bertz CT molecular complexity index is 190. The maximum atomic E-state index is 14.2. The molecule has 2 N–H and O–H groups in total. The Hall–Kier alpha value is -0.110. The van der Waals surface area contributed by atoms with Crippen LogP contribution in [0.2, 0.25) is 0 Å². The summed E-state index contributed by atoms with van der Waals surface area (Å²) in [7, 11) is 0. The third-order valence-electron chi connectivity index (χ3n) is 4.36. The van der Waals surface area contributed by atoms with Crippen LogP contribution >= 0.6 is 0 Å². The SMILES string of the molecule is CCC1CCC(C2(F)CC(N)C2)CC1. The molecule has 2 rings (SSSR count). The Balaban J connectivity index is 1.83. The maximum Gasteiger partial charge on any atom is 0.116 e. The summed E-state index contributed by atoms with van der Waals surface area (Å²) in [5, 5.41) is 0. The van der Waals surface area contributed by atoms with Gasteiger partial charge < -0.3 is 5.73 Å². The molecule has 14 heavy (non-hydrogen) atoms. The lowest BCUT2D eigenvalue weighted by molar-refractivity contribution is -0.0359. The van der Waals surface area contributed by atoms with Gasteiger partial charge in [0.2, 0.25) is 0 Å². The van der Waals surface area contributed by atoms with Crippen molar-refractivity contribution >= 4 is 0 Å². The highest BCUT2D eigenvalue weighted by Crippen LogP contribution is 2.48. The number of hydrogen-bond acceptors (Lipinski definition) is 1. The standard InChI is InChI=1S/C12H22FN/c1-2-9-3-5-10(6-4-9)12(13)7-11(14)8-12/h9-11H,2-8,14H2,1H3. The van der Waals surface area contributed by atoms with E-state index in [1.54, 1.807) is 0 Å². The van der Waals surface area contributed by atoms with Crippen LogP contribution in [0, 0.1) is 11.8 Å². The van der Waals surface area contributed by atoms with Crippen molar-refractivity contribution in [3.05, 3.63) is 0 Å². The van der Waals surface area contributed by atoms with Gasteiger partial charge in [0.05, 0.1) is 0 Å². The van der Waals surface area contributed by atoms with Crippen molar-refractivity contribution in [1.82, 2.24) is 0 Å². The Morgan fingerprint density at radius 3 is 2.21 bits per heavy atom. The average Bonchev–Trinajstić information content (AvgIpc) is 2.16. The van der Waals surface area contributed by atoms with Gasteiger partial charge in [0, 0.05) is 6.04 Å². The molecule has 1 nitrogen and oxygen atoms in total. The molecule has 2 heteroatoms. The molecule has 2 saturated carbocycles. The minimum absolute atomic E-state index is 0.142. The molecule has 0 unspecified atom stereocenters. The number of nitrogens with two attached hydrogens (primary N) is 1. The smallest absolute Gasteiger partial charge is 0.116 e.